The number of carbonyl (C=O) groups excluding carboxylic acids is 1. The summed E-state index contributed by atoms with van der Waals surface area (Å²) < 4.78 is 0. The minimum atomic E-state index is -0.655. The summed E-state index contributed by atoms with van der Waals surface area (Å²) >= 11 is 0. The predicted molar refractivity (Wildman–Crippen MR) is 129 cm³/mol. The van der Waals surface area contributed by atoms with Crippen molar-refractivity contribution < 1.29 is 19.8 Å². The molecule has 0 heterocycles. The fourth-order valence-corrected chi connectivity index (χ4v) is 8.65. The van der Waals surface area contributed by atoms with E-state index in [1.54, 1.807) is 6.08 Å². The number of hydrogen-bond acceptors (Lipinski definition) is 3. The van der Waals surface area contributed by atoms with Crippen LogP contribution < -0.4 is 0 Å². The first kappa shape index (κ1) is 22.7. The van der Waals surface area contributed by atoms with E-state index in [0.29, 0.717) is 11.5 Å². The highest BCUT2D eigenvalue weighted by molar-refractivity contribution is 6.06. The van der Waals surface area contributed by atoms with E-state index in [1.807, 2.05) is 13.8 Å². The van der Waals surface area contributed by atoms with E-state index >= 15 is 0 Å². The van der Waals surface area contributed by atoms with Crippen LogP contribution in [0.5, 0.6) is 0 Å². The highest BCUT2D eigenvalue weighted by Crippen LogP contribution is 2.75. The largest absolute Gasteiger partial charge is 0.504 e. The van der Waals surface area contributed by atoms with Gasteiger partial charge in [-0.2, -0.15) is 0 Å². The normalized spacial score (nSPS) is 46.8. The summed E-state index contributed by atoms with van der Waals surface area (Å²) in [6.07, 6.45) is 12.7. The molecule has 33 heavy (non-hydrogen) atoms. The van der Waals surface area contributed by atoms with E-state index in [2.05, 4.69) is 39.8 Å². The summed E-state index contributed by atoms with van der Waals surface area (Å²) in [5.41, 5.74) is 3.33. The third kappa shape index (κ3) is 2.64. The van der Waals surface area contributed by atoms with Crippen LogP contribution in [0.3, 0.4) is 0 Å². The number of aliphatic hydroxyl groups excluding tert-OH is 1. The van der Waals surface area contributed by atoms with E-state index < -0.39 is 11.4 Å². The Morgan fingerprint density at radius 1 is 0.970 bits per heavy atom. The molecule has 0 aromatic carbocycles. The maximum Gasteiger partial charge on any atom is 0.309 e. The molecule has 0 bridgehead atoms. The van der Waals surface area contributed by atoms with Gasteiger partial charge in [-0.3, -0.25) is 9.59 Å². The second-order valence-electron chi connectivity index (χ2n) is 12.9. The van der Waals surface area contributed by atoms with Crippen LogP contribution in [0.1, 0.15) is 86.5 Å². The monoisotopic (exact) mass is 450 g/mol. The molecular formula is C29H38O4. The fraction of sp³-hybridized carbons (Fsp3) is 0.655. The number of carbonyl (C=O) groups is 2. The molecule has 0 aromatic heterocycles. The lowest BCUT2D eigenvalue weighted by Crippen LogP contribution is -2.62. The van der Waals surface area contributed by atoms with Crippen molar-refractivity contribution in [3.63, 3.8) is 0 Å². The molecule has 0 unspecified atom stereocenters. The molecule has 0 spiro atoms. The van der Waals surface area contributed by atoms with E-state index in [0.717, 1.165) is 56.1 Å². The summed E-state index contributed by atoms with van der Waals surface area (Å²) in [5.74, 6) is -0.734. The molecule has 178 valence electrons. The van der Waals surface area contributed by atoms with Gasteiger partial charge < -0.3 is 10.2 Å². The van der Waals surface area contributed by atoms with Crippen LogP contribution in [0, 0.1) is 33.0 Å². The molecule has 0 amide bonds. The average molecular weight is 451 g/mol. The summed E-state index contributed by atoms with van der Waals surface area (Å²) in [7, 11) is 0. The fourth-order valence-electron chi connectivity index (χ4n) is 8.65. The molecule has 6 atom stereocenters. The molecule has 5 aliphatic rings. The third-order valence-electron chi connectivity index (χ3n) is 11.4. The van der Waals surface area contributed by atoms with Gasteiger partial charge in [0.15, 0.2) is 5.76 Å². The summed E-state index contributed by atoms with van der Waals surface area (Å²) in [6.45, 7) is 13.3. The number of aliphatic carboxylic acids is 1. The topological polar surface area (TPSA) is 74.6 Å². The molecule has 5 rings (SSSR count). The van der Waals surface area contributed by atoms with Crippen molar-refractivity contribution in [1.29, 1.82) is 0 Å². The molecule has 0 aromatic rings. The van der Waals surface area contributed by atoms with Gasteiger partial charge >= 0.3 is 5.97 Å². The van der Waals surface area contributed by atoms with Crippen LogP contribution >= 0.6 is 0 Å². The number of ketones is 1. The zero-order valence-electron chi connectivity index (χ0n) is 21.0. The predicted octanol–water partition coefficient (Wildman–Crippen LogP) is 6.70. The Morgan fingerprint density at radius 2 is 1.64 bits per heavy atom. The highest BCUT2D eigenvalue weighted by Gasteiger charge is 2.67. The molecule has 0 radical (unpaired) electrons. The number of aliphatic hydroxyl groups is 1. The van der Waals surface area contributed by atoms with Crippen molar-refractivity contribution in [3.8, 4) is 0 Å². The first-order chi connectivity index (χ1) is 15.2. The van der Waals surface area contributed by atoms with E-state index in [4.69, 9.17) is 0 Å². The number of carboxylic acids is 1. The minimum Gasteiger partial charge on any atom is -0.504 e. The number of hydrogen-bond donors (Lipinski definition) is 2. The van der Waals surface area contributed by atoms with Crippen molar-refractivity contribution in [1.82, 2.24) is 0 Å². The smallest absolute Gasteiger partial charge is 0.309 e. The highest BCUT2D eigenvalue weighted by atomic mass is 16.4. The quantitative estimate of drug-likeness (QED) is 0.466. The second kappa shape index (κ2) is 6.52. The van der Waals surface area contributed by atoms with Crippen molar-refractivity contribution >= 4 is 11.8 Å². The van der Waals surface area contributed by atoms with Crippen LogP contribution in [0.4, 0.5) is 0 Å². The van der Waals surface area contributed by atoms with Gasteiger partial charge in [0.2, 0.25) is 5.78 Å². The van der Waals surface area contributed by atoms with Crippen LogP contribution in [0.15, 0.2) is 46.3 Å². The summed E-state index contributed by atoms with van der Waals surface area (Å²) in [5, 5.41) is 20.3. The van der Waals surface area contributed by atoms with Crippen LogP contribution in [0.25, 0.3) is 0 Å². The zero-order chi connectivity index (χ0) is 24.2. The average Bonchev–Trinajstić information content (AvgIpc) is 2.75. The van der Waals surface area contributed by atoms with Crippen molar-refractivity contribution in [2.75, 3.05) is 0 Å². The third-order valence-corrected chi connectivity index (χ3v) is 11.4. The van der Waals surface area contributed by atoms with Gasteiger partial charge in [0.1, 0.15) is 0 Å². The van der Waals surface area contributed by atoms with E-state index in [1.165, 1.54) is 5.57 Å². The van der Waals surface area contributed by atoms with Gasteiger partial charge in [0.05, 0.1) is 5.41 Å². The summed E-state index contributed by atoms with van der Waals surface area (Å²) in [4.78, 5) is 24.8. The Kier molecular flexibility index (Phi) is 4.48. The van der Waals surface area contributed by atoms with E-state index in [9.17, 15) is 19.8 Å². The molecule has 3 fully saturated rings. The van der Waals surface area contributed by atoms with Crippen LogP contribution in [0.2, 0.25) is 0 Å². The van der Waals surface area contributed by atoms with E-state index in [-0.39, 0.29) is 33.2 Å². The van der Waals surface area contributed by atoms with Crippen molar-refractivity contribution in [2.45, 2.75) is 86.5 Å². The number of rotatable bonds is 1. The Balaban J connectivity index is 1.64. The lowest BCUT2D eigenvalue weighted by atomic mass is 9.34. The van der Waals surface area contributed by atoms with Gasteiger partial charge in [-0.25, -0.2) is 0 Å². The molecular weight excluding hydrogens is 412 g/mol. The van der Waals surface area contributed by atoms with Crippen molar-refractivity contribution in [2.24, 2.45) is 33.0 Å². The molecule has 0 aliphatic heterocycles. The van der Waals surface area contributed by atoms with Crippen LogP contribution in [-0.4, -0.2) is 22.0 Å². The maximum absolute atomic E-state index is 12.6. The van der Waals surface area contributed by atoms with Gasteiger partial charge in [-0.1, -0.05) is 45.4 Å². The molecule has 4 heteroatoms. The van der Waals surface area contributed by atoms with Gasteiger partial charge in [-0.15, -0.1) is 0 Å². The van der Waals surface area contributed by atoms with Gasteiger partial charge in [-0.05, 0) is 98.2 Å². The number of fused-ring (bicyclic) bond motifs is 7. The first-order valence-electron chi connectivity index (χ1n) is 12.6. The number of carboxylic acid groups (broad SMARTS) is 1. The maximum atomic E-state index is 12.6. The SMILES string of the molecule is CC1=C(O)C(=O)C=C2C1=CC=C1[C@]2(C)CC[C@@]2(C)[C@@H]3C[C@](C)(C(=O)O)CC[C@]3(C)CC[C@@]12C. The minimum absolute atomic E-state index is 0.0000746. The Labute approximate surface area is 197 Å². The van der Waals surface area contributed by atoms with Crippen LogP contribution in [-0.2, 0) is 9.59 Å². The van der Waals surface area contributed by atoms with Crippen molar-refractivity contribution in [3.05, 3.63) is 46.3 Å². The lowest BCUT2D eigenvalue weighted by molar-refractivity contribution is -0.178. The molecule has 4 nitrogen and oxygen atoms in total. The molecule has 3 saturated carbocycles. The standard InChI is InChI=1S/C29H38O4/c1-17-18-7-8-21-27(4,19(18)15-20(30)23(17)31)12-14-29(6)22-16-26(3,24(32)33)10-9-25(22,2)11-13-28(21,29)5/h7-8,15,22,31H,9-14,16H2,1-6H3,(H,32,33)/t22-,25-,26-,27-,28+,29+/m1/s1. The second-order valence-corrected chi connectivity index (χ2v) is 12.9. The number of allylic oxidation sites excluding steroid dienone is 7. The van der Waals surface area contributed by atoms with Gasteiger partial charge in [0, 0.05) is 11.0 Å². The Hall–Kier alpha value is -2.10. The first-order valence-corrected chi connectivity index (χ1v) is 12.6. The Bertz CT molecular complexity index is 1100. The Morgan fingerprint density at radius 3 is 2.30 bits per heavy atom. The summed E-state index contributed by atoms with van der Waals surface area (Å²) in [6, 6.07) is 0. The molecule has 5 aliphatic carbocycles. The molecule has 0 saturated heterocycles. The van der Waals surface area contributed by atoms with Gasteiger partial charge in [0.25, 0.3) is 0 Å². The lowest BCUT2D eigenvalue weighted by Gasteiger charge is -2.70. The molecule has 2 N–H and O–H groups in total. The zero-order valence-corrected chi connectivity index (χ0v) is 21.0.